The van der Waals surface area contributed by atoms with Gasteiger partial charge in [0.1, 0.15) is 0 Å². The highest BCUT2D eigenvalue weighted by atomic mass is 16.2. The summed E-state index contributed by atoms with van der Waals surface area (Å²) in [5.74, 6) is -0.500. The Kier molecular flexibility index (Phi) is 6.54. The van der Waals surface area contributed by atoms with Crippen LogP contribution in [0.3, 0.4) is 0 Å². The number of carbonyl (C=O) groups excluding carboxylic acids is 2. The van der Waals surface area contributed by atoms with Crippen LogP contribution in [0.1, 0.15) is 36.5 Å². The van der Waals surface area contributed by atoms with E-state index in [9.17, 15) is 9.59 Å². The highest BCUT2D eigenvalue weighted by Gasteiger charge is 2.10. The van der Waals surface area contributed by atoms with E-state index in [1.807, 2.05) is 50.2 Å². The number of benzene rings is 3. The van der Waals surface area contributed by atoms with E-state index in [0.717, 1.165) is 28.7 Å². The summed E-state index contributed by atoms with van der Waals surface area (Å²) >= 11 is 0. The number of fused-ring (bicyclic) bond motifs is 3. The predicted octanol–water partition coefficient (Wildman–Crippen LogP) is 5.30. The summed E-state index contributed by atoms with van der Waals surface area (Å²) in [5, 5.41) is 9.26. The van der Waals surface area contributed by atoms with Crippen LogP contribution in [0, 0.1) is 13.8 Å². The average molecular weight is 441 g/mol. The monoisotopic (exact) mass is 440 g/mol. The lowest BCUT2D eigenvalue weighted by Crippen LogP contribution is -2.20. The van der Waals surface area contributed by atoms with E-state index in [1.165, 1.54) is 22.0 Å². The topological polar surface area (TPSA) is 75.5 Å². The minimum absolute atomic E-state index is 0.0665. The van der Waals surface area contributed by atoms with Gasteiger partial charge in [-0.25, -0.2) is 5.43 Å². The molecule has 0 atom stereocenters. The Labute approximate surface area is 193 Å². The largest absolute Gasteiger partial charge is 0.341 e. The van der Waals surface area contributed by atoms with Gasteiger partial charge in [0, 0.05) is 46.9 Å². The van der Waals surface area contributed by atoms with Crippen molar-refractivity contribution < 1.29 is 9.59 Å². The third-order valence-corrected chi connectivity index (χ3v) is 5.89. The van der Waals surface area contributed by atoms with E-state index in [1.54, 1.807) is 6.21 Å². The van der Waals surface area contributed by atoms with E-state index >= 15 is 0 Å². The van der Waals surface area contributed by atoms with Crippen LogP contribution in [0.25, 0.3) is 21.8 Å². The first kappa shape index (κ1) is 22.3. The van der Waals surface area contributed by atoms with Gasteiger partial charge < -0.3 is 9.88 Å². The highest BCUT2D eigenvalue weighted by molar-refractivity contribution is 6.09. The number of para-hydroxylation sites is 1. The van der Waals surface area contributed by atoms with Gasteiger partial charge >= 0.3 is 0 Å². The van der Waals surface area contributed by atoms with Crippen molar-refractivity contribution in [3.05, 3.63) is 77.4 Å². The number of hydrazone groups is 1. The lowest BCUT2D eigenvalue weighted by molar-refractivity contribution is -0.124. The molecule has 0 saturated heterocycles. The Morgan fingerprint density at radius 3 is 2.42 bits per heavy atom. The Balaban J connectivity index is 1.34. The number of nitrogens with zero attached hydrogens (tertiary/aromatic N) is 2. The molecular weight excluding hydrogens is 412 g/mol. The van der Waals surface area contributed by atoms with E-state index in [2.05, 4.69) is 51.6 Å². The van der Waals surface area contributed by atoms with Gasteiger partial charge in [0.25, 0.3) is 0 Å². The first-order valence-corrected chi connectivity index (χ1v) is 11.2. The number of hydrogen-bond acceptors (Lipinski definition) is 3. The molecule has 1 heterocycles. The summed E-state index contributed by atoms with van der Waals surface area (Å²) in [6.45, 7) is 7.05. The van der Waals surface area contributed by atoms with Crippen molar-refractivity contribution in [2.75, 3.05) is 5.32 Å². The van der Waals surface area contributed by atoms with Crippen molar-refractivity contribution in [1.29, 1.82) is 0 Å². The molecule has 0 unspecified atom stereocenters. The van der Waals surface area contributed by atoms with Gasteiger partial charge in [0.15, 0.2) is 0 Å². The molecule has 0 bridgehead atoms. The van der Waals surface area contributed by atoms with Gasteiger partial charge in [0.2, 0.25) is 11.8 Å². The fraction of sp³-hybridized carbons (Fsp3) is 0.222. The normalized spacial score (nSPS) is 11.4. The third kappa shape index (κ3) is 4.95. The molecule has 2 amide bonds. The lowest BCUT2D eigenvalue weighted by Gasteiger charge is -2.07. The van der Waals surface area contributed by atoms with Crippen LogP contribution in [0.5, 0.6) is 0 Å². The number of aryl methyl sites for hydroxylation is 3. The molecule has 6 nitrogen and oxygen atoms in total. The molecule has 0 fully saturated rings. The smallest absolute Gasteiger partial charge is 0.240 e. The number of aromatic nitrogens is 1. The van der Waals surface area contributed by atoms with Crippen LogP contribution in [0.2, 0.25) is 0 Å². The molecule has 33 heavy (non-hydrogen) atoms. The lowest BCUT2D eigenvalue weighted by atomic mass is 10.1. The van der Waals surface area contributed by atoms with E-state index in [4.69, 9.17) is 0 Å². The molecule has 0 aliphatic heterocycles. The van der Waals surface area contributed by atoms with Gasteiger partial charge in [-0.15, -0.1) is 0 Å². The Bertz CT molecular complexity index is 1370. The van der Waals surface area contributed by atoms with Crippen LogP contribution in [0.15, 0.2) is 65.8 Å². The molecule has 1 aromatic heterocycles. The van der Waals surface area contributed by atoms with Crippen molar-refractivity contribution in [2.45, 2.75) is 40.2 Å². The van der Waals surface area contributed by atoms with Crippen molar-refractivity contribution >= 4 is 45.5 Å². The van der Waals surface area contributed by atoms with Crippen LogP contribution >= 0.6 is 0 Å². The maximum atomic E-state index is 12.1. The minimum atomic E-state index is -0.301. The number of anilines is 1. The fourth-order valence-electron chi connectivity index (χ4n) is 4.00. The molecule has 168 valence electrons. The second-order valence-electron chi connectivity index (χ2n) is 8.18. The van der Waals surface area contributed by atoms with E-state index in [0.29, 0.717) is 0 Å². The third-order valence-electron chi connectivity index (χ3n) is 5.89. The molecular formula is C27H28N4O2. The second kappa shape index (κ2) is 9.69. The van der Waals surface area contributed by atoms with Gasteiger partial charge in [0.05, 0.1) is 6.21 Å². The average Bonchev–Trinajstić information content (AvgIpc) is 3.13. The molecule has 2 N–H and O–H groups in total. The quantitative estimate of drug-likeness (QED) is 0.302. The molecule has 0 aliphatic carbocycles. The number of amides is 2. The second-order valence-corrected chi connectivity index (χ2v) is 8.18. The highest BCUT2D eigenvalue weighted by Crippen LogP contribution is 2.29. The molecule has 6 heteroatoms. The van der Waals surface area contributed by atoms with Gasteiger partial charge in [-0.1, -0.05) is 30.3 Å². The Morgan fingerprint density at radius 1 is 0.879 bits per heavy atom. The van der Waals surface area contributed by atoms with Crippen LogP contribution < -0.4 is 10.7 Å². The van der Waals surface area contributed by atoms with Crippen LogP contribution in [-0.4, -0.2) is 22.6 Å². The molecule has 0 spiro atoms. The first-order chi connectivity index (χ1) is 16.0. The van der Waals surface area contributed by atoms with Gasteiger partial charge in [-0.3, -0.25) is 9.59 Å². The van der Waals surface area contributed by atoms with Gasteiger partial charge in [-0.05, 0) is 67.8 Å². The Morgan fingerprint density at radius 2 is 1.64 bits per heavy atom. The molecule has 4 rings (SSSR count). The SMILES string of the molecule is CCn1c2ccccc2c2cc(C=NNC(=O)CCC(=O)Nc3ccc(C)c(C)c3)ccc21. The number of hydrogen-bond donors (Lipinski definition) is 2. The van der Waals surface area contributed by atoms with Gasteiger partial charge in [-0.2, -0.15) is 5.10 Å². The summed E-state index contributed by atoms with van der Waals surface area (Å²) in [5.41, 5.74) is 8.81. The molecule has 0 radical (unpaired) electrons. The molecule has 0 aliphatic rings. The standard InChI is InChI=1S/C27H28N4O2/c1-4-31-24-8-6-5-7-22(24)23-16-20(10-12-25(23)31)17-28-30-27(33)14-13-26(32)29-21-11-9-18(2)19(3)15-21/h5-12,15-17H,4,13-14H2,1-3H3,(H,29,32)(H,30,33). The summed E-state index contributed by atoms with van der Waals surface area (Å²) in [7, 11) is 0. The number of carbonyl (C=O) groups is 2. The molecule has 4 aromatic rings. The summed E-state index contributed by atoms with van der Waals surface area (Å²) < 4.78 is 2.29. The Hall–Kier alpha value is -3.93. The van der Waals surface area contributed by atoms with E-state index in [-0.39, 0.29) is 24.7 Å². The van der Waals surface area contributed by atoms with Crippen LogP contribution in [0.4, 0.5) is 5.69 Å². The summed E-state index contributed by atoms with van der Waals surface area (Å²) in [6.07, 6.45) is 1.79. The van der Waals surface area contributed by atoms with Crippen molar-refractivity contribution in [1.82, 2.24) is 9.99 Å². The zero-order valence-corrected chi connectivity index (χ0v) is 19.2. The number of nitrogens with one attached hydrogen (secondary N) is 2. The van der Waals surface area contributed by atoms with Crippen molar-refractivity contribution in [3.63, 3.8) is 0 Å². The first-order valence-electron chi connectivity index (χ1n) is 11.2. The fourth-order valence-corrected chi connectivity index (χ4v) is 4.00. The van der Waals surface area contributed by atoms with Crippen molar-refractivity contribution in [3.8, 4) is 0 Å². The van der Waals surface area contributed by atoms with Crippen molar-refractivity contribution in [2.24, 2.45) is 5.10 Å². The minimum Gasteiger partial charge on any atom is -0.341 e. The van der Waals surface area contributed by atoms with Crippen LogP contribution in [-0.2, 0) is 16.1 Å². The summed E-state index contributed by atoms with van der Waals surface area (Å²) in [6, 6.07) is 20.2. The zero-order chi connectivity index (χ0) is 23.4. The predicted molar refractivity (Wildman–Crippen MR) is 135 cm³/mol. The van der Waals surface area contributed by atoms with E-state index < -0.39 is 0 Å². The molecule has 3 aromatic carbocycles. The maximum Gasteiger partial charge on any atom is 0.240 e. The number of rotatable bonds is 7. The zero-order valence-electron chi connectivity index (χ0n) is 19.2. The summed E-state index contributed by atoms with van der Waals surface area (Å²) in [4.78, 5) is 24.2. The maximum absolute atomic E-state index is 12.1. The molecule has 0 saturated carbocycles.